The molecule has 1 rings (SSSR count). The minimum atomic E-state index is -1.75. The Morgan fingerprint density at radius 3 is 2.29 bits per heavy atom. The van der Waals surface area contributed by atoms with E-state index in [1.54, 1.807) is 34.6 Å². The molecule has 0 bridgehead atoms. The first-order valence-corrected chi connectivity index (χ1v) is 12.5. The minimum Gasteiger partial charge on any atom is -0.460 e. The highest BCUT2D eigenvalue weighted by Gasteiger charge is 2.36. The third kappa shape index (κ3) is 12.0. The predicted octanol–water partition coefficient (Wildman–Crippen LogP) is 2.53. The summed E-state index contributed by atoms with van der Waals surface area (Å²) in [5, 5.41) is 3.93. The highest BCUT2D eigenvalue weighted by molar-refractivity contribution is 6.67. The molecule has 0 aromatic carbocycles. The number of esters is 2. The summed E-state index contributed by atoms with van der Waals surface area (Å²) in [5.41, 5.74) is 2.13. The van der Waals surface area contributed by atoms with Gasteiger partial charge in [-0.15, -0.1) is 0 Å². The van der Waals surface area contributed by atoms with Crippen molar-refractivity contribution in [3.8, 4) is 0 Å². The topological polar surface area (TPSA) is 123 Å². The molecule has 35 heavy (non-hydrogen) atoms. The molecule has 0 unspecified atom stereocenters. The number of carbonyl (C=O) groups is 4. The maximum Gasteiger partial charge on any atom is 0.325 e. The Morgan fingerprint density at radius 2 is 1.77 bits per heavy atom. The van der Waals surface area contributed by atoms with Crippen molar-refractivity contribution in [3.05, 3.63) is 0 Å². The van der Waals surface area contributed by atoms with E-state index < -0.39 is 57.8 Å². The second kappa shape index (κ2) is 13.8. The maximum atomic E-state index is 13.2. The van der Waals surface area contributed by atoms with Crippen molar-refractivity contribution in [1.82, 2.24) is 15.8 Å². The Balaban J connectivity index is 2.85. The Hall–Kier alpha value is -1.33. The fourth-order valence-corrected chi connectivity index (χ4v) is 3.53. The van der Waals surface area contributed by atoms with Crippen molar-refractivity contribution in [2.24, 2.45) is 11.8 Å². The van der Waals surface area contributed by atoms with Crippen LogP contribution in [-0.4, -0.2) is 77.1 Å². The summed E-state index contributed by atoms with van der Waals surface area (Å²) in [6, 6.07) is -1.87. The van der Waals surface area contributed by atoms with Crippen molar-refractivity contribution in [2.75, 3.05) is 26.9 Å². The largest absolute Gasteiger partial charge is 0.460 e. The number of rotatable bonds is 10. The van der Waals surface area contributed by atoms with Gasteiger partial charge in [-0.05, 0) is 39.5 Å². The molecule has 0 radical (unpaired) electrons. The van der Waals surface area contributed by atoms with Crippen LogP contribution in [0.4, 0.5) is 0 Å². The summed E-state index contributed by atoms with van der Waals surface area (Å²) in [5.74, 6) is -3.05. The van der Waals surface area contributed by atoms with Gasteiger partial charge in [0.15, 0.2) is 0 Å². The molecule has 2 N–H and O–H groups in total. The average Bonchev–Trinajstić information content (AvgIpc) is 2.73. The van der Waals surface area contributed by atoms with E-state index in [1.165, 1.54) is 12.1 Å². The maximum absolute atomic E-state index is 13.2. The first-order valence-electron chi connectivity index (χ1n) is 11.4. The normalized spacial score (nSPS) is 18.6. The first-order chi connectivity index (χ1) is 16.0. The molecule has 1 aliphatic rings. The molecule has 0 aliphatic carbocycles. The van der Waals surface area contributed by atoms with Gasteiger partial charge >= 0.3 is 11.9 Å². The van der Waals surface area contributed by atoms with Gasteiger partial charge < -0.3 is 19.5 Å². The lowest BCUT2D eigenvalue weighted by atomic mass is 9.91. The molecule has 0 saturated carbocycles. The third-order valence-corrected chi connectivity index (χ3v) is 5.34. The number of halogens is 3. The SMILES string of the molecule is COC[C@H](NC(=O)[C@@H](CC(=O)OC(C)(C)C)C(C)C)C(=O)N1CCC[C@@H](C(=O)OCC(Cl)(Cl)Cl)N1. The summed E-state index contributed by atoms with van der Waals surface area (Å²) in [7, 11) is 1.40. The van der Waals surface area contributed by atoms with Gasteiger partial charge in [0, 0.05) is 13.7 Å². The number of nitrogens with zero attached hydrogens (tertiary/aromatic N) is 1. The molecule has 1 aliphatic heterocycles. The van der Waals surface area contributed by atoms with Crippen LogP contribution in [-0.2, 0) is 33.4 Å². The first kappa shape index (κ1) is 31.7. The van der Waals surface area contributed by atoms with E-state index in [9.17, 15) is 19.2 Å². The summed E-state index contributed by atoms with van der Waals surface area (Å²) >= 11 is 16.8. The van der Waals surface area contributed by atoms with Crippen molar-refractivity contribution < 1.29 is 33.4 Å². The van der Waals surface area contributed by atoms with E-state index in [2.05, 4.69) is 10.7 Å². The summed E-state index contributed by atoms with van der Waals surface area (Å²) in [6.45, 7) is 8.61. The molecular formula is C22H36Cl3N3O7. The summed E-state index contributed by atoms with van der Waals surface area (Å²) in [6.07, 6.45) is 0.788. The minimum absolute atomic E-state index is 0.109. The highest BCUT2D eigenvalue weighted by Crippen LogP contribution is 2.26. The van der Waals surface area contributed by atoms with Crippen molar-refractivity contribution in [3.63, 3.8) is 0 Å². The molecule has 0 spiro atoms. The molecule has 10 nitrogen and oxygen atoms in total. The van der Waals surface area contributed by atoms with Crippen molar-refractivity contribution >= 4 is 58.6 Å². The quantitative estimate of drug-likeness (QED) is 0.309. The molecule has 0 aromatic heterocycles. The zero-order valence-corrected chi connectivity index (χ0v) is 23.3. The summed E-state index contributed by atoms with van der Waals surface area (Å²) in [4.78, 5) is 50.8. The fourth-order valence-electron chi connectivity index (χ4n) is 3.37. The molecule has 0 aromatic rings. The van der Waals surface area contributed by atoms with Gasteiger partial charge in [-0.2, -0.15) is 0 Å². The Labute approximate surface area is 221 Å². The molecule has 202 valence electrons. The van der Waals surface area contributed by atoms with E-state index >= 15 is 0 Å². The molecule has 1 heterocycles. The molecule has 3 atom stereocenters. The smallest absolute Gasteiger partial charge is 0.325 e. The Bertz CT molecular complexity index is 754. The molecule has 1 fully saturated rings. The lowest BCUT2D eigenvalue weighted by Gasteiger charge is -2.35. The Morgan fingerprint density at radius 1 is 1.14 bits per heavy atom. The van der Waals surface area contributed by atoms with E-state index in [-0.39, 0.29) is 18.9 Å². The number of ether oxygens (including phenoxy) is 3. The zero-order chi connectivity index (χ0) is 27.0. The Kier molecular flexibility index (Phi) is 12.5. The molecule has 1 saturated heterocycles. The van der Waals surface area contributed by atoms with Crippen LogP contribution < -0.4 is 10.7 Å². The third-order valence-electron chi connectivity index (χ3n) is 5.01. The lowest BCUT2D eigenvalue weighted by Crippen LogP contribution is -2.61. The number of hydrogen-bond acceptors (Lipinski definition) is 8. The van der Waals surface area contributed by atoms with Crippen LogP contribution in [0, 0.1) is 11.8 Å². The standard InChI is InChI=1S/C22H36Cl3N3O7/c1-13(2)14(10-17(29)35-21(3,4)5)18(30)26-16(11-33-6)19(31)28-9-7-8-15(27-28)20(32)34-12-22(23,24)25/h13-16,27H,7-12H2,1-6H3,(H,26,30)/t14-,15-,16-/m0/s1. The number of hydrogen-bond donors (Lipinski definition) is 2. The molecule has 2 amide bonds. The monoisotopic (exact) mass is 559 g/mol. The van der Waals surface area contributed by atoms with Crippen LogP contribution in [0.25, 0.3) is 0 Å². The van der Waals surface area contributed by atoms with Gasteiger partial charge in [-0.1, -0.05) is 48.7 Å². The number of hydrazine groups is 1. The van der Waals surface area contributed by atoms with Crippen LogP contribution in [0.15, 0.2) is 0 Å². The van der Waals surface area contributed by atoms with Gasteiger partial charge in [0.05, 0.1) is 18.9 Å². The van der Waals surface area contributed by atoms with Crippen molar-refractivity contribution in [1.29, 1.82) is 0 Å². The van der Waals surface area contributed by atoms with Crippen LogP contribution in [0.5, 0.6) is 0 Å². The number of carbonyl (C=O) groups excluding carboxylic acids is 4. The molecular weight excluding hydrogens is 525 g/mol. The summed E-state index contributed by atoms with van der Waals surface area (Å²) < 4.78 is 13.7. The van der Waals surface area contributed by atoms with E-state index in [0.29, 0.717) is 19.4 Å². The number of nitrogens with one attached hydrogen (secondary N) is 2. The lowest BCUT2D eigenvalue weighted by molar-refractivity contribution is -0.158. The molecule has 13 heteroatoms. The van der Waals surface area contributed by atoms with Gasteiger partial charge in [0.1, 0.15) is 24.3 Å². The number of methoxy groups -OCH3 is 1. The van der Waals surface area contributed by atoms with Gasteiger partial charge in [0.2, 0.25) is 9.70 Å². The van der Waals surface area contributed by atoms with Crippen LogP contribution in [0.3, 0.4) is 0 Å². The van der Waals surface area contributed by atoms with Crippen LogP contribution >= 0.6 is 34.8 Å². The number of alkyl halides is 3. The van der Waals surface area contributed by atoms with Gasteiger partial charge in [0.25, 0.3) is 5.91 Å². The zero-order valence-electron chi connectivity index (χ0n) is 21.0. The van der Waals surface area contributed by atoms with Gasteiger partial charge in [-0.25, -0.2) is 5.43 Å². The van der Waals surface area contributed by atoms with Crippen molar-refractivity contribution in [2.45, 2.75) is 75.4 Å². The second-order valence-corrected chi connectivity index (χ2v) is 12.2. The van der Waals surface area contributed by atoms with Crippen LogP contribution in [0.2, 0.25) is 0 Å². The van der Waals surface area contributed by atoms with Gasteiger partial charge in [-0.3, -0.25) is 24.2 Å². The second-order valence-electron chi connectivity index (χ2n) is 9.69. The fraction of sp³-hybridized carbons (Fsp3) is 0.818. The highest BCUT2D eigenvalue weighted by atomic mass is 35.6. The van der Waals surface area contributed by atoms with E-state index in [0.717, 1.165) is 0 Å². The number of amides is 2. The average molecular weight is 561 g/mol. The predicted molar refractivity (Wildman–Crippen MR) is 132 cm³/mol. The van der Waals surface area contributed by atoms with Crippen LogP contribution in [0.1, 0.15) is 53.9 Å². The van der Waals surface area contributed by atoms with E-state index in [4.69, 9.17) is 49.0 Å². The van der Waals surface area contributed by atoms with E-state index in [1.807, 2.05) is 0 Å².